The van der Waals surface area contributed by atoms with Gasteiger partial charge in [-0.2, -0.15) is 0 Å². The summed E-state index contributed by atoms with van der Waals surface area (Å²) < 4.78 is 11.2. The smallest absolute Gasteiger partial charge is 0.315 e. The number of carbonyl (C=O) groups excluding carboxylic acids is 2. The number of ether oxygens (including phenoxy) is 2. The third-order valence-corrected chi connectivity index (χ3v) is 5.06. The summed E-state index contributed by atoms with van der Waals surface area (Å²) in [5, 5.41) is 5.86. The Morgan fingerprint density at radius 3 is 2.70 bits per heavy atom. The summed E-state index contributed by atoms with van der Waals surface area (Å²) in [6.07, 6.45) is 1.52. The van der Waals surface area contributed by atoms with Gasteiger partial charge in [0.05, 0.1) is 0 Å². The van der Waals surface area contributed by atoms with Crippen molar-refractivity contribution < 1.29 is 19.1 Å². The minimum Gasteiger partial charge on any atom is -0.486 e. The molecule has 148 valence electrons. The normalized spacial score (nSPS) is 17.6. The van der Waals surface area contributed by atoms with Gasteiger partial charge in [0.15, 0.2) is 11.5 Å². The highest BCUT2D eigenvalue weighted by molar-refractivity contribution is 5.78. The van der Waals surface area contributed by atoms with Crippen molar-refractivity contribution in [1.82, 2.24) is 15.5 Å². The van der Waals surface area contributed by atoms with Gasteiger partial charge in [-0.25, -0.2) is 4.79 Å². The molecule has 0 radical (unpaired) electrons. The van der Waals surface area contributed by atoms with Crippen LogP contribution in [0.5, 0.6) is 11.5 Å². The maximum Gasteiger partial charge on any atom is 0.315 e. The van der Waals surface area contributed by atoms with Gasteiger partial charge in [-0.05, 0) is 31.0 Å². The van der Waals surface area contributed by atoms with Crippen LogP contribution in [-0.4, -0.2) is 55.7 Å². The third kappa shape index (κ3) is 4.84. The van der Waals surface area contributed by atoms with E-state index in [9.17, 15) is 9.59 Å². The lowest BCUT2D eigenvalue weighted by Crippen LogP contribution is -2.48. The van der Waals surface area contributed by atoms with Crippen molar-refractivity contribution in [2.24, 2.45) is 0 Å². The first kappa shape index (κ1) is 19.3. The van der Waals surface area contributed by atoms with E-state index in [4.69, 9.17) is 9.47 Å². The zero-order valence-electron chi connectivity index (χ0n) is 16.3. The van der Waals surface area contributed by atoms with Crippen molar-refractivity contribution in [2.75, 3.05) is 32.8 Å². The Labute approximate surface area is 160 Å². The monoisotopic (exact) mass is 375 g/mol. The maximum atomic E-state index is 12.2. The molecule has 1 aromatic carbocycles. The van der Waals surface area contributed by atoms with Gasteiger partial charge in [-0.15, -0.1) is 0 Å². The van der Waals surface area contributed by atoms with Crippen LogP contribution in [0, 0.1) is 0 Å². The van der Waals surface area contributed by atoms with Crippen LogP contribution >= 0.6 is 0 Å². The van der Waals surface area contributed by atoms with Crippen LogP contribution < -0.4 is 20.1 Å². The van der Waals surface area contributed by atoms with Crippen molar-refractivity contribution in [3.8, 4) is 11.5 Å². The van der Waals surface area contributed by atoms with Gasteiger partial charge < -0.3 is 25.0 Å². The maximum absolute atomic E-state index is 12.2. The van der Waals surface area contributed by atoms with Crippen molar-refractivity contribution >= 4 is 11.9 Å². The molecule has 2 aliphatic heterocycles. The molecule has 7 nitrogen and oxygen atoms in total. The van der Waals surface area contributed by atoms with Crippen molar-refractivity contribution in [3.05, 3.63) is 23.8 Å². The molecule has 1 unspecified atom stereocenters. The summed E-state index contributed by atoms with van der Waals surface area (Å²) in [7, 11) is 0. The van der Waals surface area contributed by atoms with E-state index in [2.05, 4.69) is 24.5 Å². The largest absolute Gasteiger partial charge is 0.486 e. The van der Waals surface area contributed by atoms with Crippen LogP contribution in [0.25, 0.3) is 0 Å². The summed E-state index contributed by atoms with van der Waals surface area (Å²) in [6, 6.07) is 5.59. The highest BCUT2D eigenvalue weighted by Gasteiger charge is 2.25. The zero-order valence-corrected chi connectivity index (χ0v) is 16.3. The fourth-order valence-corrected chi connectivity index (χ4v) is 3.42. The minimum atomic E-state index is -0.263. The van der Waals surface area contributed by atoms with Crippen LogP contribution in [0.2, 0.25) is 0 Å². The molecule has 1 fully saturated rings. The molecule has 2 heterocycles. The number of urea groups is 1. The Bertz CT molecular complexity index is 704. The molecule has 0 bridgehead atoms. The van der Waals surface area contributed by atoms with Gasteiger partial charge in [0.2, 0.25) is 5.91 Å². The number of rotatable bonds is 6. The third-order valence-electron chi connectivity index (χ3n) is 5.06. The molecule has 2 aliphatic rings. The first-order chi connectivity index (χ1) is 12.8. The molecule has 7 heteroatoms. The van der Waals surface area contributed by atoms with E-state index in [0.717, 1.165) is 30.0 Å². The van der Waals surface area contributed by atoms with Gasteiger partial charge in [-0.1, -0.05) is 19.9 Å². The molecule has 1 saturated heterocycles. The van der Waals surface area contributed by atoms with Gasteiger partial charge in [0.25, 0.3) is 0 Å². The van der Waals surface area contributed by atoms with Crippen molar-refractivity contribution in [3.63, 3.8) is 0 Å². The lowest BCUT2D eigenvalue weighted by molar-refractivity contribution is -0.127. The Hall–Kier alpha value is -2.44. The average molecular weight is 375 g/mol. The van der Waals surface area contributed by atoms with Crippen LogP contribution in [0.1, 0.15) is 39.2 Å². The number of amides is 3. The van der Waals surface area contributed by atoms with E-state index >= 15 is 0 Å². The second-order valence-corrected chi connectivity index (χ2v) is 7.91. The molecule has 0 spiro atoms. The second-order valence-electron chi connectivity index (χ2n) is 7.91. The summed E-state index contributed by atoms with van der Waals surface area (Å²) in [6.45, 7) is 9.00. The number of nitrogens with zero attached hydrogens (tertiary/aromatic N) is 1. The average Bonchev–Trinajstić information content (AvgIpc) is 3.04. The molecule has 0 aromatic heterocycles. The van der Waals surface area contributed by atoms with Gasteiger partial charge >= 0.3 is 6.03 Å². The standard InChI is InChI=1S/C20H29N3O4/c1-14(12-23-8-4-5-18(23)24)22-19(25)21-13-20(2,3)15-6-7-16-17(11-15)27-10-9-26-16/h6-7,11,14H,4-5,8-10,12-13H2,1-3H3,(H2,21,22,25). The van der Waals surface area contributed by atoms with E-state index in [0.29, 0.717) is 32.7 Å². The van der Waals surface area contributed by atoms with E-state index in [1.165, 1.54) is 0 Å². The van der Waals surface area contributed by atoms with E-state index in [-0.39, 0.29) is 23.4 Å². The summed E-state index contributed by atoms with van der Waals surface area (Å²) in [5.74, 6) is 1.68. The Kier molecular flexibility index (Phi) is 5.77. The molecule has 2 N–H and O–H groups in total. The number of hydrogen-bond acceptors (Lipinski definition) is 4. The molecular formula is C20H29N3O4. The predicted molar refractivity (Wildman–Crippen MR) is 102 cm³/mol. The number of benzene rings is 1. The zero-order chi connectivity index (χ0) is 19.4. The van der Waals surface area contributed by atoms with Crippen LogP contribution in [0.15, 0.2) is 18.2 Å². The topological polar surface area (TPSA) is 79.9 Å². The van der Waals surface area contributed by atoms with E-state index in [1.807, 2.05) is 30.0 Å². The molecule has 0 saturated carbocycles. The summed E-state index contributed by atoms with van der Waals surface area (Å²) in [4.78, 5) is 25.7. The van der Waals surface area contributed by atoms with E-state index in [1.54, 1.807) is 0 Å². The van der Waals surface area contributed by atoms with Crippen LogP contribution in [-0.2, 0) is 10.2 Å². The summed E-state index contributed by atoms with van der Waals surface area (Å²) >= 11 is 0. The van der Waals surface area contributed by atoms with Crippen molar-refractivity contribution in [1.29, 1.82) is 0 Å². The lowest BCUT2D eigenvalue weighted by Gasteiger charge is -2.28. The first-order valence-corrected chi connectivity index (χ1v) is 9.57. The van der Waals surface area contributed by atoms with E-state index < -0.39 is 0 Å². The fraction of sp³-hybridized carbons (Fsp3) is 0.600. The number of hydrogen-bond donors (Lipinski definition) is 2. The fourth-order valence-electron chi connectivity index (χ4n) is 3.42. The van der Waals surface area contributed by atoms with Gasteiger partial charge in [0.1, 0.15) is 13.2 Å². The molecule has 0 aliphatic carbocycles. The quantitative estimate of drug-likeness (QED) is 0.797. The van der Waals surface area contributed by atoms with Crippen LogP contribution in [0.3, 0.4) is 0 Å². The molecular weight excluding hydrogens is 346 g/mol. The van der Waals surface area contributed by atoms with Gasteiger partial charge in [-0.3, -0.25) is 4.79 Å². The minimum absolute atomic E-state index is 0.0931. The van der Waals surface area contributed by atoms with Crippen molar-refractivity contribution in [2.45, 2.75) is 45.1 Å². The second kappa shape index (κ2) is 8.06. The number of nitrogens with one attached hydrogen (secondary N) is 2. The Balaban J connectivity index is 1.50. The Morgan fingerprint density at radius 1 is 1.26 bits per heavy atom. The molecule has 1 aromatic rings. The lowest BCUT2D eigenvalue weighted by atomic mass is 9.84. The van der Waals surface area contributed by atoms with Gasteiger partial charge in [0, 0.05) is 37.5 Å². The molecule has 3 amide bonds. The Morgan fingerprint density at radius 2 is 2.00 bits per heavy atom. The molecule has 1 atom stereocenters. The first-order valence-electron chi connectivity index (χ1n) is 9.57. The highest BCUT2D eigenvalue weighted by atomic mass is 16.6. The highest BCUT2D eigenvalue weighted by Crippen LogP contribution is 2.34. The molecule has 3 rings (SSSR count). The number of likely N-dealkylation sites (tertiary alicyclic amines) is 1. The summed E-state index contributed by atoms with van der Waals surface area (Å²) in [5.41, 5.74) is 0.809. The SMILES string of the molecule is CC(CN1CCCC1=O)NC(=O)NCC(C)(C)c1ccc2c(c1)OCCO2. The molecule has 27 heavy (non-hydrogen) atoms. The van der Waals surface area contributed by atoms with Crippen LogP contribution in [0.4, 0.5) is 4.79 Å². The number of carbonyl (C=O) groups is 2. The predicted octanol–water partition coefficient (Wildman–Crippen LogP) is 2.05. The number of fused-ring (bicyclic) bond motifs is 1.